The Labute approximate surface area is 107 Å². The molecule has 5 heteroatoms. The number of benzene rings is 1. The van der Waals surface area contributed by atoms with Crippen LogP contribution in [0.2, 0.25) is 0 Å². The first-order chi connectivity index (χ1) is 8.22. The molecule has 0 amide bonds. The number of hydrogen-bond donors (Lipinski definition) is 2. The highest BCUT2D eigenvalue weighted by Gasteiger charge is 2.16. The predicted octanol–water partition coefficient (Wildman–Crippen LogP) is 2.54. The zero-order valence-electron chi connectivity index (χ0n) is 8.90. The van der Waals surface area contributed by atoms with Gasteiger partial charge in [0.2, 0.25) is 0 Å². The van der Waals surface area contributed by atoms with E-state index in [9.17, 15) is 4.39 Å². The second-order valence-electron chi connectivity index (χ2n) is 3.55. The first kappa shape index (κ1) is 12.2. The van der Waals surface area contributed by atoms with Crippen LogP contribution in [0.25, 0.3) is 0 Å². The van der Waals surface area contributed by atoms with E-state index >= 15 is 0 Å². The van der Waals surface area contributed by atoms with E-state index in [-0.39, 0.29) is 11.9 Å². The van der Waals surface area contributed by atoms with Crippen LogP contribution in [0.15, 0.2) is 47.2 Å². The van der Waals surface area contributed by atoms with Crippen molar-refractivity contribution in [3.05, 3.63) is 64.1 Å². The first-order valence-electron chi connectivity index (χ1n) is 5.03. The van der Waals surface area contributed by atoms with E-state index in [2.05, 4.69) is 26.3 Å². The molecule has 0 radical (unpaired) electrons. The van der Waals surface area contributed by atoms with Gasteiger partial charge in [-0.15, -0.1) is 0 Å². The van der Waals surface area contributed by atoms with Crippen molar-refractivity contribution in [1.82, 2.24) is 10.4 Å². The largest absolute Gasteiger partial charge is 0.271 e. The van der Waals surface area contributed by atoms with Crippen molar-refractivity contribution < 1.29 is 4.39 Å². The Bertz CT molecular complexity index is 501. The van der Waals surface area contributed by atoms with Crippen molar-refractivity contribution in [3.8, 4) is 0 Å². The molecule has 1 heterocycles. The normalized spacial score (nSPS) is 12.4. The third-order valence-electron chi connectivity index (χ3n) is 2.48. The highest BCUT2D eigenvalue weighted by atomic mass is 79.9. The minimum Gasteiger partial charge on any atom is -0.271 e. The molecule has 1 atom stereocenters. The van der Waals surface area contributed by atoms with Gasteiger partial charge in [-0.25, -0.2) is 9.82 Å². The zero-order valence-corrected chi connectivity index (χ0v) is 10.5. The third kappa shape index (κ3) is 2.69. The molecule has 0 aliphatic heterocycles. The fourth-order valence-electron chi connectivity index (χ4n) is 1.64. The van der Waals surface area contributed by atoms with Crippen molar-refractivity contribution in [2.24, 2.45) is 5.84 Å². The quantitative estimate of drug-likeness (QED) is 0.676. The van der Waals surface area contributed by atoms with Crippen LogP contribution in [-0.2, 0) is 0 Å². The Morgan fingerprint density at radius 3 is 2.53 bits per heavy atom. The van der Waals surface area contributed by atoms with Crippen molar-refractivity contribution in [3.63, 3.8) is 0 Å². The number of halogens is 2. The molecule has 0 bridgehead atoms. The van der Waals surface area contributed by atoms with Gasteiger partial charge in [0.25, 0.3) is 0 Å². The van der Waals surface area contributed by atoms with Gasteiger partial charge in [-0.1, -0.05) is 28.1 Å². The lowest BCUT2D eigenvalue weighted by Crippen LogP contribution is -2.29. The fourth-order valence-corrected chi connectivity index (χ4v) is 1.91. The van der Waals surface area contributed by atoms with Crippen LogP contribution in [0.5, 0.6) is 0 Å². The number of hydrogen-bond acceptors (Lipinski definition) is 3. The Morgan fingerprint density at radius 1 is 1.24 bits per heavy atom. The number of nitrogens with zero attached hydrogens (tertiary/aromatic N) is 1. The van der Waals surface area contributed by atoms with E-state index < -0.39 is 0 Å². The molecule has 2 aromatic rings. The molecular formula is C12H11BrFN3. The van der Waals surface area contributed by atoms with Crippen molar-refractivity contribution >= 4 is 15.9 Å². The van der Waals surface area contributed by atoms with Gasteiger partial charge in [0.05, 0.1) is 12.2 Å². The minimum absolute atomic E-state index is 0.377. The summed E-state index contributed by atoms with van der Waals surface area (Å²) in [5.74, 6) is 5.12. The maximum atomic E-state index is 13.6. The van der Waals surface area contributed by atoms with Gasteiger partial charge in [0.1, 0.15) is 5.82 Å². The number of nitrogens with two attached hydrogens (primary N) is 1. The maximum absolute atomic E-state index is 13.6. The molecule has 3 nitrogen and oxygen atoms in total. The third-order valence-corrected chi connectivity index (χ3v) is 3.01. The van der Waals surface area contributed by atoms with Gasteiger partial charge in [-0.3, -0.25) is 10.8 Å². The van der Waals surface area contributed by atoms with Crippen LogP contribution in [0.1, 0.15) is 17.2 Å². The van der Waals surface area contributed by atoms with Crippen LogP contribution in [-0.4, -0.2) is 4.98 Å². The summed E-state index contributed by atoms with van der Waals surface area (Å²) in [6.45, 7) is 0. The van der Waals surface area contributed by atoms with Crippen LogP contribution in [0, 0.1) is 5.82 Å². The topological polar surface area (TPSA) is 50.9 Å². The lowest BCUT2D eigenvalue weighted by molar-refractivity contribution is 0.555. The lowest BCUT2D eigenvalue weighted by Gasteiger charge is -2.17. The summed E-state index contributed by atoms with van der Waals surface area (Å²) in [6, 6.07) is 8.77. The smallest absolute Gasteiger partial charge is 0.146 e. The monoisotopic (exact) mass is 295 g/mol. The zero-order chi connectivity index (χ0) is 12.3. The molecule has 0 aliphatic rings. The van der Waals surface area contributed by atoms with E-state index in [1.54, 1.807) is 12.3 Å². The number of aromatic nitrogens is 1. The summed E-state index contributed by atoms with van der Waals surface area (Å²) >= 11 is 3.35. The standard InChI is InChI=1S/C12H11BrFN3/c13-9-3-1-8(2-4-9)12(17-15)10-5-6-16-7-11(10)14/h1-7,12,17H,15H2. The molecule has 0 saturated carbocycles. The van der Waals surface area contributed by atoms with Gasteiger partial charge >= 0.3 is 0 Å². The van der Waals surface area contributed by atoms with Gasteiger partial charge in [0, 0.05) is 16.2 Å². The van der Waals surface area contributed by atoms with E-state index in [0.29, 0.717) is 5.56 Å². The van der Waals surface area contributed by atoms with E-state index in [1.165, 1.54) is 6.20 Å². The van der Waals surface area contributed by atoms with Gasteiger partial charge in [-0.05, 0) is 23.8 Å². The average Bonchev–Trinajstić information content (AvgIpc) is 2.35. The summed E-state index contributed by atoms with van der Waals surface area (Å²) in [5, 5.41) is 0. The molecule has 1 aromatic carbocycles. The molecule has 1 unspecified atom stereocenters. The Balaban J connectivity index is 2.40. The van der Waals surface area contributed by atoms with Crippen molar-refractivity contribution in [1.29, 1.82) is 0 Å². The summed E-state index contributed by atoms with van der Waals surface area (Å²) < 4.78 is 14.6. The molecule has 1 aromatic heterocycles. The van der Waals surface area contributed by atoms with Gasteiger partial charge < -0.3 is 0 Å². The van der Waals surface area contributed by atoms with Crippen LogP contribution in [0.4, 0.5) is 4.39 Å². The Kier molecular flexibility index (Phi) is 3.83. The number of pyridine rings is 1. The SMILES string of the molecule is NNC(c1ccc(Br)cc1)c1ccncc1F. The average molecular weight is 296 g/mol. The molecular weight excluding hydrogens is 285 g/mol. The molecule has 88 valence electrons. The summed E-state index contributed by atoms with van der Waals surface area (Å²) in [7, 11) is 0. The maximum Gasteiger partial charge on any atom is 0.146 e. The van der Waals surface area contributed by atoms with Crippen LogP contribution in [0.3, 0.4) is 0 Å². The van der Waals surface area contributed by atoms with Crippen LogP contribution < -0.4 is 11.3 Å². The lowest BCUT2D eigenvalue weighted by atomic mass is 10.00. The second-order valence-corrected chi connectivity index (χ2v) is 4.46. The molecule has 2 rings (SSSR count). The molecule has 0 fully saturated rings. The van der Waals surface area contributed by atoms with Crippen molar-refractivity contribution in [2.75, 3.05) is 0 Å². The minimum atomic E-state index is -0.383. The highest BCUT2D eigenvalue weighted by molar-refractivity contribution is 9.10. The molecule has 0 spiro atoms. The first-order valence-corrected chi connectivity index (χ1v) is 5.82. The summed E-state index contributed by atoms with van der Waals surface area (Å²) in [6.07, 6.45) is 2.72. The molecule has 0 aliphatic carbocycles. The number of rotatable bonds is 3. The van der Waals surface area contributed by atoms with Gasteiger partial charge in [-0.2, -0.15) is 0 Å². The van der Waals surface area contributed by atoms with Crippen molar-refractivity contribution in [2.45, 2.75) is 6.04 Å². The number of nitrogens with one attached hydrogen (secondary N) is 1. The van der Waals surface area contributed by atoms with Crippen LogP contribution >= 0.6 is 15.9 Å². The van der Waals surface area contributed by atoms with E-state index in [1.807, 2.05) is 24.3 Å². The second kappa shape index (κ2) is 5.35. The summed E-state index contributed by atoms with van der Waals surface area (Å²) in [4.78, 5) is 3.72. The predicted molar refractivity (Wildman–Crippen MR) is 67.5 cm³/mol. The Hall–Kier alpha value is -1.30. The van der Waals surface area contributed by atoms with E-state index in [4.69, 9.17) is 5.84 Å². The fraction of sp³-hybridized carbons (Fsp3) is 0.0833. The van der Waals surface area contributed by atoms with E-state index in [0.717, 1.165) is 10.0 Å². The number of hydrazine groups is 1. The molecule has 3 N–H and O–H groups in total. The summed E-state index contributed by atoms with van der Waals surface area (Å²) in [5.41, 5.74) is 3.98. The Morgan fingerprint density at radius 2 is 1.94 bits per heavy atom. The van der Waals surface area contributed by atoms with Gasteiger partial charge in [0.15, 0.2) is 0 Å². The molecule has 0 saturated heterocycles. The molecule has 17 heavy (non-hydrogen) atoms. The highest BCUT2D eigenvalue weighted by Crippen LogP contribution is 2.24.